The standard InChI is InChI=1S/C68H47NSi/c1-70(2)67-41-50(44-14-4-3-5-15-44)32-35-60(67)61-36-34-53(42-68(61)70)69-43-65(48-30-28-47(29-31-48)63-40-52-17-7-9-19-55(52)57-21-11-13-23-59(57)63)64-38-49(33-37-66(64)69)45-24-26-46(27-25-45)62-39-51-16-6-8-18-54(51)56-20-10-12-22-58(56)62/h3-43H,1-2H3. The van der Waals surface area contributed by atoms with Crippen LogP contribution in [0, 0.1) is 0 Å². The van der Waals surface area contributed by atoms with E-state index in [9.17, 15) is 0 Å². The van der Waals surface area contributed by atoms with Crippen LogP contribution < -0.4 is 10.4 Å². The van der Waals surface area contributed by atoms with Gasteiger partial charge in [0.15, 0.2) is 0 Å². The maximum atomic E-state index is 2.52. The fourth-order valence-corrected chi connectivity index (χ4v) is 14.9. The van der Waals surface area contributed by atoms with Crippen molar-refractivity contribution in [3.8, 4) is 72.4 Å². The highest BCUT2D eigenvalue weighted by Gasteiger charge is 2.38. The van der Waals surface area contributed by atoms with E-state index in [2.05, 4.69) is 267 Å². The second-order valence-electron chi connectivity index (χ2n) is 19.7. The van der Waals surface area contributed by atoms with Gasteiger partial charge < -0.3 is 4.57 Å². The van der Waals surface area contributed by atoms with E-state index in [4.69, 9.17) is 0 Å². The lowest BCUT2D eigenvalue weighted by Crippen LogP contribution is -2.49. The van der Waals surface area contributed by atoms with E-state index < -0.39 is 8.07 Å². The van der Waals surface area contributed by atoms with Gasteiger partial charge in [0.2, 0.25) is 0 Å². The Labute approximate surface area is 409 Å². The normalized spacial score (nSPS) is 12.8. The Hall–Kier alpha value is -8.56. The molecule has 0 bridgehead atoms. The molecule has 0 fully saturated rings. The van der Waals surface area contributed by atoms with Gasteiger partial charge in [0.1, 0.15) is 8.07 Å². The number of rotatable bonds is 6. The number of hydrogen-bond donors (Lipinski definition) is 0. The molecular weight excluding hydrogens is 859 g/mol. The van der Waals surface area contributed by atoms with Crippen molar-refractivity contribution < 1.29 is 0 Å². The summed E-state index contributed by atoms with van der Waals surface area (Å²) in [7, 11) is -2.04. The average molecular weight is 906 g/mol. The largest absolute Gasteiger partial charge is 0.316 e. The highest BCUT2D eigenvalue weighted by Crippen LogP contribution is 2.41. The number of nitrogens with zero attached hydrogens (tertiary/aromatic N) is 1. The van der Waals surface area contributed by atoms with Crippen LogP contribution in [0.1, 0.15) is 0 Å². The van der Waals surface area contributed by atoms with Gasteiger partial charge in [-0.25, -0.2) is 0 Å². The second kappa shape index (κ2) is 15.7. The van der Waals surface area contributed by atoms with E-state index in [1.807, 2.05) is 0 Å². The summed E-state index contributed by atoms with van der Waals surface area (Å²) in [5.41, 5.74) is 17.5. The highest BCUT2D eigenvalue weighted by atomic mass is 28.3. The fraction of sp³-hybridized carbons (Fsp3) is 0.0294. The number of benzene rings is 12. The first kappa shape index (κ1) is 40.5. The fourth-order valence-electron chi connectivity index (χ4n) is 11.8. The van der Waals surface area contributed by atoms with Crippen LogP contribution in [0.25, 0.3) is 126 Å². The Kier molecular flexibility index (Phi) is 9.11. The van der Waals surface area contributed by atoms with E-state index in [0.29, 0.717) is 0 Å². The van der Waals surface area contributed by atoms with Crippen molar-refractivity contribution in [2.75, 3.05) is 0 Å². The molecule has 0 radical (unpaired) electrons. The minimum Gasteiger partial charge on any atom is -0.316 e. The second-order valence-corrected chi connectivity index (χ2v) is 24.0. The third-order valence-corrected chi connectivity index (χ3v) is 18.9. The van der Waals surface area contributed by atoms with Crippen molar-refractivity contribution in [1.82, 2.24) is 4.57 Å². The third kappa shape index (κ3) is 6.37. The summed E-state index contributed by atoms with van der Waals surface area (Å²) >= 11 is 0. The van der Waals surface area contributed by atoms with Gasteiger partial charge in [-0.05, 0) is 151 Å². The lowest BCUT2D eigenvalue weighted by Gasteiger charge is -2.20. The molecule has 1 aliphatic heterocycles. The molecule has 0 saturated carbocycles. The maximum absolute atomic E-state index is 2.52. The van der Waals surface area contributed by atoms with Gasteiger partial charge in [0.05, 0.1) is 5.52 Å². The molecule has 1 aliphatic rings. The first-order valence-electron chi connectivity index (χ1n) is 24.5. The molecule has 13 aromatic rings. The summed E-state index contributed by atoms with van der Waals surface area (Å²) in [5, 5.41) is 14.5. The molecule has 2 heteroatoms. The van der Waals surface area contributed by atoms with Crippen molar-refractivity contribution in [2.24, 2.45) is 0 Å². The molecular formula is C68H47NSi. The Morgan fingerprint density at radius 1 is 0.271 bits per heavy atom. The van der Waals surface area contributed by atoms with Crippen LogP contribution in [0.3, 0.4) is 0 Å². The molecule has 0 spiro atoms. The number of aromatic nitrogens is 1. The molecule has 0 atom stereocenters. The quantitative estimate of drug-likeness (QED) is 0.116. The van der Waals surface area contributed by atoms with E-state index in [1.165, 1.54) is 137 Å². The van der Waals surface area contributed by atoms with Gasteiger partial charge >= 0.3 is 0 Å². The van der Waals surface area contributed by atoms with Gasteiger partial charge in [-0.2, -0.15) is 0 Å². The van der Waals surface area contributed by atoms with E-state index >= 15 is 0 Å². The van der Waals surface area contributed by atoms with E-state index in [0.717, 1.165) is 0 Å². The summed E-state index contributed by atoms with van der Waals surface area (Å²) in [6, 6.07) is 90.5. The SMILES string of the molecule is C[Si]1(C)c2cc(-c3ccccc3)ccc2-c2ccc(-n3cc(-c4ccc(-c5cc6ccccc6c6ccccc56)cc4)c4cc(-c5ccc(-c6cc7ccccc7c7ccccc67)cc5)ccc43)cc21. The number of fused-ring (bicyclic) bond motifs is 10. The molecule has 70 heavy (non-hydrogen) atoms. The van der Waals surface area contributed by atoms with E-state index in [-0.39, 0.29) is 0 Å². The Morgan fingerprint density at radius 3 is 1.30 bits per heavy atom. The average Bonchev–Trinajstić information content (AvgIpc) is 3.91. The van der Waals surface area contributed by atoms with Gasteiger partial charge in [0.25, 0.3) is 0 Å². The monoisotopic (exact) mass is 905 g/mol. The summed E-state index contributed by atoms with van der Waals surface area (Å²) < 4.78 is 2.44. The van der Waals surface area contributed by atoms with Gasteiger partial charge in [-0.1, -0.05) is 219 Å². The zero-order valence-electron chi connectivity index (χ0n) is 39.1. The number of hydrogen-bond acceptors (Lipinski definition) is 0. The first-order chi connectivity index (χ1) is 34.4. The van der Waals surface area contributed by atoms with Crippen molar-refractivity contribution in [3.63, 3.8) is 0 Å². The highest BCUT2D eigenvalue weighted by molar-refractivity contribution is 7.03. The molecule has 0 aliphatic carbocycles. The van der Waals surface area contributed by atoms with Crippen LogP contribution in [0.5, 0.6) is 0 Å². The zero-order valence-corrected chi connectivity index (χ0v) is 40.1. The summed E-state index contributed by atoms with van der Waals surface area (Å²) in [5.74, 6) is 0. The van der Waals surface area contributed by atoms with Crippen LogP contribution >= 0.6 is 0 Å². The summed E-state index contributed by atoms with van der Waals surface area (Å²) in [4.78, 5) is 0. The van der Waals surface area contributed by atoms with Crippen molar-refractivity contribution in [3.05, 3.63) is 249 Å². The molecule has 0 saturated heterocycles. The van der Waals surface area contributed by atoms with E-state index in [1.54, 1.807) is 0 Å². The maximum Gasteiger partial charge on any atom is 0.113 e. The molecule has 1 nitrogen and oxygen atoms in total. The van der Waals surface area contributed by atoms with Crippen molar-refractivity contribution in [1.29, 1.82) is 0 Å². The van der Waals surface area contributed by atoms with Gasteiger partial charge in [0, 0.05) is 22.8 Å². The third-order valence-electron chi connectivity index (χ3n) is 15.4. The van der Waals surface area contributed by atoms with Gasteiger partial charge in [-0.15, -0.1) is 0 Å². The van der Waals surface area contributed by atoms with Crippen LogP contribution in [0.15, 0.2) is 249 Å². The van der Waals surface area contributed by atoms with Crippen LogP contribution in [-0.2, 0) is 0 Å². The molecule has 0 amide bonds. The summed E-state index contributed by atoms with van der Waals surface area (Å²) in [6.07, 6.45) is 2.38. The molecule has 14 rings (SSSR count). The molecule has 0 N–H and O–H groups in total. The predicted molar refractivity (Wildman–Crippen MR) is 303 cm³/mol. The lowest BCUT2D eigenvalue weighted by molar-refractivity contribution is 1.13. The molecule has 2 heterocycles. The minimum absolute atomic E-state index is 1.20. The van der Waals surface area contributed by atoms with Gasteiger partial charge in [-0.3, -0.25) is 0 Å². The molecule has 12 aromatic carbocycles. The zero-order chi connectivity index (χ0) is 46.5. The Balaban J connectivity index is 0.892. The summed E-state index contributed by atoms with van der Waals surface area (Å²) in [6.45, 7) is 5.05. The van der Waals surface area contributed by atoms with Crippen LogP contribution in [0.4, 0.5) is 0 Å². The first-order valence-corrected chi connectivity index (χ1v) is 27.5. The molecule has 328 valence electrons. The topological polar surface area (TPSA) is 4.93 Å². The molecule has 1 aromatic heterocycles. The smallest absolute Gasteiger partial charge is 0.113 e. The Bertz CT molecular complexity index is 4230. The van der Waals surface area contributed by atoms with Crippen molar-refractivity contribution in [2.45, 2.75) is 13.1 Å². The van der Waals surface area contributed by atoms with Crippen molar-refractivity contribution >= 4 is 72.4 Å². The van der Waals surface area contributed by atoms with Crippen LogP contribution in [-0.4, -0.2) is 12.6 Å². The van der Waals surface area contributed by atoms with Crippen LogP contribution in [0.2, 0.25) is 13.1 Å². The minimum atomic E-state index is -2.04. The predicted octanol–water partition coefficient (Wildman–Crippen LogP) is 17.4. The molecule has 0 unspecified atom stereocenters. The Morgan fingerprint density at radius 2 is 0.700 bits per heavy atom. The lowest BCUT2D eigenvalue weighted by atomic mass is 9.92.